The SMILES string of the molecule is N#Cc1ccccc1-c1ccc(-c2cc(-c3ccc4sc5ccccc5c4c3)c(-c3ccccc3)c(-c3ccc4sc5ccccc5c4c3)c2)cc1C#N. The summed E-state index contributed by atoms with van der Waals surface area (Å²) in [7, 11) is 0. The van der Waals surface area contributed by atoms with Crippen molar-refractivity contribution in [2.75, 3.05) is 0 Å². The van der Waals surface area contributed by atoms with Crippen LogP contribution in [0.1, 0.15) is 11.1 Å². The summed E-state index contributed by atoms with van der Waals surface area (Å²) in [6, 6.07) is 64.5. The molecule has 8 aromatic carbocycles. The lowest BCUT2D eigenvalue weighted by molar-refractivity contribution is 1.45. The van der Waals surface area contributed by atoms with Crippen LogP contribution >= 0.6 is 22.7 Å². The van der Waals surface area contributed by atoms with Crippen molar-refractivity contribution >= 4 is 63.0 Å². The van der Waals surface area contributed by atoms with Crippen molar-refractivity contribution in [2.45, 2.75) is 0 Å². The Morgan fingerprint density at radius 3 is 1.43 bits per heavy atom. The molecule has 0 aliphatic rings. The third-order valence-electron chi connectivity index (χ3n) is 10.4. The number of rotatable bonds is 5. The monoisotopic (exact) mass is 720 g/mol. The Balaban J connectivity index is 1.27. The molecule has 250 valence electrons. The minimum Gasteiger partial charge on any atom is -0.192 e. The molecule has 0 N–H and O–H groups in total. The highest BCUT2D eigenvalue weighted by Gasteiger charge is 2.20. The molecule has 0 spiro atoms. The van der Waals surface area contributed by atoms with E-state index in [-0.39, 0.29) is 0 Å². The molecule has 2 heterocycles. The molecule has 10 aromatic rings. The fourth-order valence-electron chi connectivity index (χ4n) is 7.83. The van der Waals surface area contributed by atoms with Crippen molar-refractivity contribution in [3.8, 4) is 67.8 Å². The molecule has 0 aliphatic carbocycles. The predicted octanol–water partition coefficient (Wildman–Crippen LogP) is 14.5. The highest BCUT2D eigenvalue weighted by molar-refractivity contribution is 7.26. The number of fused-ring (bicyclic) bond motifs is 6. The average molecular weight is 721 g/mol. The van der Waals surface area contributed by atoms with E-state index in [1.807, 2.05) is 53.0 Å². The summed E-state index contributed by atoms with van der Waals surface area (Å²) in [6.45, 7) is 0. The highest BCUT2D eigenvalue weighted by Crippen LogP contribution is 2.47. The smallest absolute Gasteiger partial charge is 0.0998 e. The zero-order valence-electron chi connectivity index (χ0n) is 28.9. The van der Waals surface area contributed by atoms with E-state index in [9.17, 15) is 10.5 Å². The summed E-state index contributed by atoms with van der Waals surface area (Å²) in [6.07, 6.45) is 0. The molecule has 10 rings (SSSR count). The van der Waals surface area contributed by atoms with Gasteiger partial charge in [-0.1, -0.05) is 109 Å². The van der Waals surface area contributed by atoms with Crippen LogP contribution < -0.4 is 0 Å². The molecule has 0 saturated carbocycles. The lowest BCUT2D eigenvalue weighted by atomic mass is 9.83. The van der Waals surface area contributed by atoms with Crippen LogP contribution in [-0.2, 0) is 0 Å². The Morgan fingerprint density at radius 1 is 0.315 bits per heavy atom. The van der Waals surface area contributed by atoms with E-state index in [0.717, 1.165) is 55.6 Å². The Morgan fingerprint density at radius 2 is 0.815 bits per heavy atom. The normalized spacial score (nSPS) is 11.3. The Hall–Kier alpha value is -6.82. The van der Waals surface area contributed by atoms with Crippen LogP contribution in [0.25, 0.3) is 96.0 Å². The van der Waals surface area contributed by atoms with Gasteiger partial charge in [-0.3, -0.25) is 0 Å². The maximum atomic E-state index is 10.5. The van der Waals surface area contributed by atoms with Gasteiger partial charge in [0.2, 0.25) is 0 Å². The molecular weight excluding hydrogens is 693 g/mol. The van der Waals surface area contributed by atoms with Crippen molar-refractivity contribution in [3.05, 3.63) is 181 Å². The first-order chi connectivity index (χ1) is 26.7. The number of thiophene rings is 2. The first-order valence-corrected chi connectivity index (χ1v) is 19.4. The van der Waals surface area contributed by atoms with Gasteiger partial charge in [0.15, 0.2) is 0 Å². The van der Waals surface area contributed by atoms with E-state index in [1.54, 1.807) is 6.07 Å². The third-order valence-corrected chi connectivity index (χ3v) is 12.7. The van der Waals surface area contributed by atoms with Gasteiger partial charge in [0.25, 0.3) is 0 Å². The van der Waals surface area contributed by atoms with E-state index < -0.39 is 0 Å². The molecule has 0 fully saturated rings. The van der Waals surface area contributed by atoms with E-state index >= 15 is 0 Å². The van der Waals surface area contributed by atoms with E-state index in [0.29, 0.717) is 11.1 Å². The maximum absolute atomic E-state index is 10.5. The summed E-state index contributed by atoms with van der Waals surface area (Å²) in [5, 5.41) is 25.4. The van der Waals surface area contributed by atoms with Gasteiger partial charge in [0.05, 0.1) is 23.3 Å². The summed E-state index contributed by atoms with van der Waals surface area (Å²) in [5.41, 5.74) is 11.4. The fourth-order valence-corrected chi connectivity index (χ4v) is 10.0. The van der Waals surface area contributed by atoms with E-state index in [4.69, 9.17) is 0 Å². The zero-order valence-corrected chi connectivity index (χ0v) is 30.5. The van der Waals surface area contributed by atoms with E-state index in [1.165, 1.54) is 40.3 Å². The summed E-state index contributed by atoms with van der Waals surface area (Å²) < 4.78 is 5.08. The third kappa shape index (κ3) is 5.28. The summed E-state index contributed by atoms with van der Waals surface area (Å²) in [4.78, 5) is 0. The topological polar surface area (TPSA) is 47.6 Å². The van der Waals surface area contributed by atoms with Crippen molar-refractivity contribution < 1.29 is 0 Å². The van der Waals surface area contributed by atoms with Crippen LogP contribution in [0.15, 0.2) is 170 Å². The highest BCUT2D eigenvalue weighted by atomic mass is 32.1. The van der Waals surface area contributed by atoms with Crippen LogP contribution in [0.3, 0.4) is 0 Å². The molecule has 0 unspecified atom stereocenters. The molecule has 0 aliphatic heterocycles. The van der Waals surface area contributed by atoms with Crippen molar-refractivity contribution in [2.24, 2.45) is 0 Å². The van der Waals surface area contributed by atoms with Crippen LogP contribution in [-0.4, -0.2) is 0 Å². The standard InChI is InChI=1S/C50H28N2S2/c51-29-35-12-4-5-13-38(35)39-21-18-32(24-37(39)30-52)36-27-42(33-19-22-48-44(25-33)40-14-6-8-16-46(40)53-48)50(31-10-2-1-3-11-31)43(28-36)34-20-23-49-45(26-34)41-15-7-9-17-47(41)54-49/h1-28H. The van der Waals surface area contributed by atoms with Crippen LogP contribution in [0.5, 0.6) is 0 Å². The van der Waals surface area contributed by atoms with Gasteiger partial charge in [-0.05, 0) is 105 Å². The Kier molecular flexibility index (Phi) is 7.67. The predicted molar refractivity (Wildman–Crippen MR) is 229 cm³/mol. The Labute approximate surface area is 320 Å². The average Bonchev–Trinajstić information content (AvgIpc) is 3.81. The van der Waals surface area contributed by atoms with Gasteiger partial charge in [-0.2, -0.15) is 10.5 Å². The molecular formula is C50H28N2S2. The molecule has 2 nitrogen and oxygen atoms in total. The maximum Gasteiger partial charge on any atom is 0.0998 e. The summed E-state index contributed by atoms with van der Waals surface area (Å²) >= 11 is 3.65. The van der Waals surface area contributed by atoms with Crippen molar-refractivity contribution in [1.29, 1.82) is 10.5 Å². The van der Waals surface area contributed by atoms with Crippen molar-refractivity contribution in [1.82, 2.24) is 0 Å². The van der Waals surface area contributed by atoms with Gasteiger partial charge in [-0.15, -0.1) is 22.7 Å². The molecule has 0 atom stereocenters. The number of nitriles is 2. The minimum absolute atomic E-state index is 0.530. The van der Waals surface area contributed by atoms with Gasteiger partial charge in [0.1, 0.15) is 0 Å². The van der Waals surface area contributed by atoms with Crippen LogP contribution in [0.2, 0.25) is 0 Å². The van der Waals surface area contributed by atoms with Crippen LogP contribution in [0, 0.1) is 22.7 Å². The number of hydrogen-bond donors (Lipinski definition) is 0. The Bertz CT molecular complexity index is 3050. The lowest BCUT2D eigenvalue weighted by Gasteiger charge is -2.20. The minimum atomic E-state index is 0.530. The van der Waals surface area contributed by atoms with Gasteiger partial charge in [0, 0.05) is 51.5 Å². The molecule has 4 heteroatoms. The second-order valence-electron chi connectivity index (χ2n) is 13.5. The van der Waals surface area contributed by atoms with E-state index in [2.05, 4.69) is 146 Å². The second-order valence-corrected chi connectivity index (χ2v) is 15.6. The molecule has 54 heavy (non-hydrogen) atoms. The molecule has 0 amide bonds. The first-order valence-electron chi connectivity index (χ1n) is 17.8. The van der Waals surface area contributed by atoms with Crippen LogP contribution in [0.4, 0.5) is 0 Å². The lowest BCUT2D eigenvalue weighted by Crippen LogP contribution is -1.94. The second kappa shape index (κ2) is 13.0. The summed E-state index contributed by atoms with van der Waals surface area (Å²) in [5.74, 6) is 0. The van der Waals surface area contributed by atoms with Gasteiger partial charge < -0.3 is 0 Å². The number of nitrogens with zero attached hydrogens (tertiary/aromatic N) is 2. The zero-order chi connectivity index (χ0) is 36.2. The molecule has 2 aromatic heterocycles. The molecule has 0 radical (unpaired) electrons. The quantitative estimate of drug-likeness (QED) is 0.178. The fraction of sp³-hybridized carbons (Fsp3) is 0. The largest absolute Gasteiger partial charge is 0.192 e. The molecule has 0 saturated heterocycles. The number of benzene rings is 8. The number of hydrogen-bond acceptors (Lipinski definition) is 4. The first kappa shape index (κ1) is 31.9. The van der Waals surface area contributed by atoms with Gasteiger partial charge in [-0.25, -0.2) is 0 Å². The molecule has 0 bridgehead atoms. The van der Waals surface area contributed by atoms with Gasteiger partial charge >= 0.3 is 0 Å². The van der Waals surface area contributed by atoms with Crippen molar-refractivity contribution in [3.63, 3.8) is 0 Å².